The molecule has 0 spiro atoms. The van der Waals surface area contributed by atoms with Crippen LogP contribution >= 0.6 is 0 Å². The van der Waals surface area contributed by atoms with E-state index in [-0.39, 0.29) is 5.92 Å². The second-order valence-electron chi connectivity index (χ2n) is 3.53. The molecule has 0 unspecified atom stereocenters. The van der Waals surface area contributed by atoms with Gasteiger partial charge in [0, 0.05) is 11.5 Å². The summed E-state index contributed by atoms with van der Waals surface area (Å²) in [5, 5.41) is 10.0. The van der Waals surface area contributed by atoms with E-state index < -0.39 is 6.10 Å². The molecule has 2 atom stereocenters. The number of rotatable bonds is 2. The van der Waals surface area contributed by atoms with Crippen LogP contribution in [-0.4, -0.2) is 18.8 Å². The molecular weight excluding hydrogens is 192 g/mol. The molecule has 3 heteroatoms. The predicted molar refractivity (Wildman–Crippen MR) is 57.1 cm³/mol. The molecule has 0 bridgehead atoms. The van der Waals surface area contributed by atoms with E-state index in [0.29, 0.717) is 18.1 Å². The first-order valence-corrected chi connectivity index (χ1v) is 4.88. The molecule has 0 saturated heterocycles. The van der Waals surface area contributed by atoms with Crippen molar-refractivity contribution < 1.29 is 14.6 Å². The number of hydrogen-bond acceptors (Lipinski definition) is 3. The van der Waals surface area contributed by atoms with E-state index in [4.69, 9.17) is 9.47 Å². The topological polar surface area (TPSA) is 38.7 Å². The van der Waals surface area contributed by atoms with Crippen molar-refractivity contribution in [2.45, 2.75) is 6.10 Å². The van der Waals surface area contributed by atoms with Crippen LogP contribution in [0.25, 0.3) is 0 Å². The zero-order valence-corrected chi connectivity index (χ0v) is 8.64. The molecule has 1 N–H and O–H groups in total. The third-order valence-corrected chi connectivity index (χ3v) is 2.68. The molecule has 0 aromatic heterocycles. The highest BCUT2D eigenvalue weighted by molar-refractivity contribution is 5.49. The third kappa shape index (κ3) is 1.59. The Bertz CT molecular complexity index is 373. The molecule has 0 amide bonds. The van der Waals surface area contributed by atoms with E-state index in [1.165, 1.54) is 0 Å². The van der Waals surface area contributed by atoms with E-state index in [2.05, 4.69) is 6.58 Å². The van der Waals surface area contributed by atoms with Crippen LogP contribution in [0.3, 0.4) is 0 Å². The second-order valence-corrected chi connectivity index (χ2v) is 3.53. The molecule has 80 valence electrons. The van der Waals surface area contributed by atoms with Gasteiger partial charge in [-0.05, 0) is 6.07 Å². The van der Waals surface area contributed by atoms with Gasteiger partial charge < -0.3 is 14.6 Å². The van der Waals surface area contributed by atoms with Crippen LogP contribution in [0.1, 0.15) is 11.7 Å². The largest absolute Gasteiger partial charge is 0.493 e. The average Bonchev–Trinajstić information content (AvgIpc) is 2.29. The Balaban J connectivity index is 2.44. The molecule has 1 aliphatic rings. The summed E-state index contributed by atoms with van der Waals surface area (Å²) >= 11 is 0. The minimum atomic E-state index is -0.554. The van der Waals surface area contributed by atoms with E-state index in [1.807, 2.05) is 18.2 Å². The van der Waals surface area contributed by atoms with Crippen molar-refractivity contribution in [3.63, 3.8) is 0 Å². The van der Waals surface area contributed by atoms with Crippen LogP contribution in [0, 0.1) is 5.92 Å². The van der Waals surface area contributed by atoms with Gasteiger partial charge in [0.1, 0.15) is 0 Å². The Labute approximate surface area is 88.9 Å². The van der Waals surface area contributed by atoms with Gasteiger partial charge in [-0.15, -0.1) is 6.58 Å². The summed E-state index contributed by atoms with van der Waals surface area (Å²) in [6, 6.07) is 5.51. The maximum absolute atomic E-state index is 10.0. The molecule has 0 fully saturated rings. The molecule has 2 rings (SSSR count). The normalized spacial score (nSPS) is 23.9. The minimum Gasteiger partial charge on any atom is -0.493 e. The van der Waals surface area contributed by atoms with Gasteiger partial charge in [-0.25, -0.2) is 0 Å². The summed E-state index contributed by atoms with van der Waals surface area (Å²) in [5.74, 6) is 1.25. The summed E-state index contributed by atoms with van der Waals surface area (Å²) in [6.07, 6.45) is 1.16. The fraction of sp³-hybridized carbons (Fsp3) is 0.333. The molecule has 1 aromatic rings. The molecular formula is C12H14O3. The standard InChI is InChI=1S/C12H14O3/c1-3-8-7-15-12-9(11(8)13)5-4-6-10(12)14-2/h3-6,8,11,13H,1,7H2,2H3/t8-,11-/m0/s1. The predicted octanol–water partition coefficient (Wildman–Crippen LogP) is 1.92. The molecule has 0 aliphatic carbocycles. The van der Waals surface area contributed by atoms with Crippen molar-refractivity contribution in [3.05, 3.63) is 36.4 Å². The summed E-state index contributed by atoms with van der Waals surface area (Å²) in [7, 11) is 1.59. The van der Waals surface area contributed by atoms with Crippen LogP contribution < -0.4 is 9.47 Å². The van der Waals surface area contributed by atoms with Crippen molar-refractivity contribution in [1.29, 1.82) is 0 Å². The van der Waals surface area contributed by atoms with E-state index >= 15 is 0 Å². The fourth-order valence-corrected chi connectivity index (χ4v) is 1.78. The maximum Gasteiger partial charge on any atom is 0.166 e. The molecule has 1 heterocycles. The number of para-hydroxylation sites is 1. The summed E-state index contributed by atoms with van der Waals surface area (Å²) in [6.45, 7) is 4.12. The van der Waals surface area contributed by atoms with Gasteiger partial charge in [-0.3, -0.25) is 0 Å². The molecule has 15 heavy (non-hydrogen) atoms. The Kier molecular flexibility index (Phi) is 2.64. The van der Waals surface area contributed by atoms with Gasteiger partial charge in [-0.2, -0.15) is 0 Å². The number of fused-ring (bicyclic) bond motifs is 1. The first kappa shape index (κ1) is 10.1. The number of aliphatic hydroxyl groups excluding tert-OH is 1. The van der Waals surface area contributed by atoms with Gasteiger partial charge in [0.05, 0.1) is 19.8 Å². The lowest BCUT2D eigenvalue weighted by Crippen LogP contribution is -2.24. The van der Waals surface area contributed by atoms with Crippen molar-refractivity contribution in [3.8, 4) is 11.5 Å². The SMILES string of the molecule is C=C[C@H]1COc2c(OC)cccc2[C@H]1O. The minimum absolute atomic E-state index is 0.0513. The van der Waals surface area contributed by atoms with Crippen molar-refractivity contribution in [2.24, 2.45) is 5.92 Å². The lowest BCUT2D eigenvalue weighted by atomic mass is 9.93. The Morgan fingerprint density at radius 2 is 2.40 bits per heavy atom. The molecule has 0 saturated carbocycles. The van der Waals surface area contributed by atoms with Crippen LogP contribution in [0.2, 0.25) is 0 Å². The Morgan fingerprint density at radius 3 is 3.07 bits per heavy atom. The smallest absolute Gasteiger partial charge is 0.166 e. The number of methoxy groups -OCH3 is 1. The van der Waals surface area contributed by atoms with Gasteiger partial charge in [0.15, 0.2) is 11.5 Å². The van der Waals surface area contributed by atoms with Gasteiger partial charge in [-0.1, -0.05) is 18.2 Å². The highest BCUT2D eigenvalue weighted by Gasteiger charge is 2.29. The van der Waals surface area contributed by atoms with Crippen LogP contribution in [0.4, 0.5) is 0 Å². The first-order chi connectivity index (χ1) is 7.27. The van der Waals surface area contributed by atoms with E-state index in [1.54, 1.807) is 13.2 Å². The number of hydrogen-bond donors (Lipinski definition) is 1. The van der Waals surface area contributed by atoms with Crippen molar-refractivity contribution >= 4 is 0 Å². The molecule has 3 nitrogen and oxygen atoms in total. The quantitative estimate of drug-likeness (QED) is 0.751. The lowest BCUT2D eigenvalue weighted by molar-refractivity contribution is 0.0727. The zero-order chi connectivity index (χ0) is 10.8. The first-order valence-electron chi connectivity index (χ1n) is 4.88. The van der Waals surface area contributed by atoms with Crippen LogP contribution in [0.5, 0.6) is 11.5 Å². The van der Waals surface area contributed by atoms with Gasteiger partial charge >= 0.3 is 0 Å². The number of benzene rings is 1. The highest BCUT2D eigenvalue weighted by Crippen LogP contribution is 2.41. The summed E-state index contributed by atoms with van der Waals surface area (Å²) < 4.78 is 10.7. The Morgan fingerprint density at radius 1 is 1.60 bits per heavy atom. The molecule has 1 aromatic carbocycles. The van der Waals surface area contributed by atoms with Gasteiger partial charge in [0.25, 0.3) is 0 Å². The lowest BCUT2D eigenvalue weighted by Gasteiger charge is -2.29. The second kappa shape index (κ2) is 3.95. The van der Waals surface area contributed by atoms with Crippen molar-refractivity contribution in [2.75, 3.05) is 13.7 Å². The van der Waals surface area contributed by atoms with Crippen LogP contribution in [-0.2, 0) is 0 Å². The van der Waals surface area contributed by atoms with E-state index in [0.717, 1.165) is 5.56 Å². The number of ether oxygens (including phenoxy) is 2. The zero-order valence-electron chi connectivity index (χ0n) is 8.64. The summed E-state index contributed by atoms with van der Waals surface area (Å²) in [4.78, 5) is 0. The van der Waals surface area contributed by atoms with Crippen LogP contribution in [0.15, 0.2) is 30.9 Å². The third-order valence-electron chi connectivity index (χ3n) is 2.68. The molecule has 1 aliphatic heterocycles. The summed E-state index contributed by atoms with van der Waals surface area (Å²) in [5.41, 5.74) is 0.769. The van der Waals surface area contributed by atoms with E-state index in [9.17, 15) is 5.11 Å². The monoisotopic (exact) mass is 206 g/mol. The number of aliphatic hydroxyl groups is 1. The van der Waals surface area contributed by atoms with Gasteiger partial charge in [0.2, 0.25) is 0 Å². The fourth-order valence-electron chi connectivity index (χ4n) is 1.78. The van der Waals surface area contributed by atoms with Crippen molar-refractivity contribution in [1.82, 2.24) is 0 Å². The Hall–Kier alpha value is -1.48. The highest BCUT2D eigenvalue weighted by atomic mass is 16.5. The average molecular weight is 206 g/mol. The molecule has 0 radical (unpaired) electrons. The maximum atomic E-state index is 10.0.